The quantitative estimate of drug-likeness (QED) is 0.564. The molecule has 0 unspecified atom stereocenters. The maximum atomic E-state index is 13.0. The van der Waals surface area contributed by atoms with Gasteiger partial charge < -0.3 is 5.32 Å². The van der Waals surface area contributed by atoms with Gasteiger partial charge in [-0.3, -0.25) is 10.1 Å². The Balaban J connectivity index is 2.34. The summed E-state index contributed by atoms with van der Waals surface area (Å²) in [7, 11) is -3.84. The highest BCUT2D eigenvalue weighted by molar-refractivity contribution is 7.89. The Morgan fingerprint density at radius 3 is 2.23 bits per heavy atom. The smallest absolute Gasteiger partial charge is 0.293 e. The highest BCUT2D eigenvalue weighted by atomic mass is 32.2. The second kappa shape index (κ2) is 7.79. The number of nitrogens with one attached hydrogen (secondary N) is 2. The van der Waals surface area contributed by atoms with Gasteiger partial charge in [0.2, 0.25) is 10.0 Å². The Bertz CT molecular complexity index is 899. The van der Waals surface area contributed by atoms with Crippen molar-refractivity contribution < 1.29 is 17.7 Å². The number of halogens is 1. The van der Waals surface area contributed by atoms with Gasteiger partial charge in [-0.1, -0.05) is 12.1 Å². The topological polar surface area (TPSA) is 101 Å². The molecule has 1 atom stereocenters. The Hall–Kier alpha value is -2.52. The lowest BCUT2D eigenvalue weighted by molar-refractivity contribution is -0.384. The van der Waals surface area contributed by atoms with Gasteiger partial charge in [-0.2, -0.15) is 0 Å². The minimum absolute atomic E-state index is 0.176. The van der Waals surface area contributed by atoms with Gasteiger partial charge in [0.1, 0.15) is 11.5 Å². The number of rotatable bonds is 7. The number of nitro groups is 1. The normalized spacial score (nSPS) is 12.8. The minimum Gasteiger partial charge on any atom is -0.373 e. The van der Waals surface area contributed by atoms with E-state index < -0.39 is 14.9 Å². The number of anilines is 1. The van der Waals surface area contributed by atoms with Crippen LogP contribution in [0.5, 0.6) is 0 Å². The van der Waals surface area contributed by atoms with Gasteiger partial charge in [-0.25, -0.2) is 17.5 Å². The molecule has 9 heteroatoms. The molecule has 0 aliphatic carbocycles. The Morgan fingerprint density at radius 1 is 1.08 bits per heavy atom. The summed E-state index contributed by atoms with van der Waals surface area (Å²) in [5, 5.41) is 14.4. The van der Waals surface area contributed by atoms with E-state index in [4.69, 9.17) is 0 Å². The molecule has 2 N–H and O–H groups in total. The van der Waals surface area contributed by atoms with Crippen LogP contribution in [0.4, 0.5) is 15.8 Å². The number of sulfonamides is 1. The molecule has 0 saturated heterocycles. The van der Waals surface area contributed by atoms with Crippen molar-refractivity contribution in [2.24, 2.45) is 0 Å². The maximum Gasteiger partial charge on any atom is 0.293 e. The molecular formula is C17H20FN3O4S. The zero-order valence-electron chi connectivity index (χ0n) is 14.6. The molecule has 0 aliphatic rings. The molecule has 0 aromatic heterocycles. The average molecular weight is 381 g/mol. The highest BCUT2D eigenvalue weighted by Crippen LogP contribution is 2.30. The van der Waals surface area contributed by atoms with E-state index >= 15 is 0 Å². The third kappa shape index (κ3) is 4.77. The summed E-state index contributed by atoms with van der Waals surface area (Å²) in [4.78, 5) is 10.6. The summed E-state index contributed by atoms with van der Waals surface area (Å²) in [6, 6.07) is 8.74. The fourth-order valence-corrected chi connectivity index (χ4v) is 3.67. The van der Waals surface area contributed by atoms with Gasteiger partial charge in [0, 0.05) is 18.2 Å². The van der Waals surface area contributed by atoms with Crippen LogP contribution in [0.1, 0.15) is 32.4 Å². The first-order valence-electron chi connectivity index (χ1n) is 7.93. The van der Waals surface area contributed by atoms with Crippen LogP contribution in [-0.2, 0) is 10.0 Å². The van der Waals surface area contributed by atoms with E-state index in [-0.39, 0.29) is 34.2 Å². The van der Waals surface area contributed by atoms with Crippen molar-refractivity contribution in [2.45, 2.75) is 37.8 Å². The highest BCUT2D eigenvalue weighted by Gasteiger charge is 2.23. The number of benzene rings is 2. The second-order valence-electron chi connectivity index (χ2n) is 6.13. The summed E-state index contributed by atoms with van der Waals surface area (Å²) < 4.78 is 39.8. The second-order valence-corrected chi connectivity index (χ2v) is 7.84. The van der Waals surface area contributed by atoms with Crippen LogP contribution in [-0.4, -0.2) is 19.4 Å². The molecule has 26 heavy (non-hydrogen) atoms. The summed E-state index contributed by atoms with van der Waals surface area (Å²) in [5.74, 6) is -0.376. The molecule has 2 aromatic rings. The largest absolute Gasteiger partial charge is 0.373 e. The van der Waals surface area contributed by atoms with E-state index in [2.05, 4.69) is 10.0 Å². The first kappa shape index (κ1) is 19.8. The molecule has 0 saturated carbocycles. The van der Waals surface area contributed by atoms with Gasteiger partial charge in [0.15, 0.2) is 0 Å². The minimum atomic E-state index is -3.84. The van der Waals surface area contributed by atoms with Crippen LogP contribution in [0.15, 0.2) is 47.4 Å². The summed E-state index contributed by atoms with van der Waals surface area (Å²) in [5.41, 5.74) is 0.555. The van der Waals surface area contributed by atoms with E-state index in [1.807, 2.05) is 0 Å². The van der Waals surface area contributed by atoms with Crippen molar-refractivity contribution in [2.75, 3.05) is 5.32 Å². The fourth-order valence-electron chi connectivity index (χ4n) is 2.40. The van der Waals surface area contributed by atoms with E-state index in [9.17, 15) is 22.9 Å². The Kier molecular flexibility index (Phi) is 5.94. The molecule has 0 amide bonds. The molecule has 0 bridgehead atoms. The molecular weight excluding hydrogens is 361 g/mol. The van der Waals surface area contributed by atoms with E-state index in [0.717, 1.165) is 11.6 Å². The summed E-state index contributed by atoms with van der Waals surface area (Å²) in [6.07, 6.45) is 0. The molecule has 0 spiro atoms. The maximum absolute atomic E-state index is 13.0. The van der Waals surface area contributed by atoms with E-state index in [1.165, 1.54) is 24.3 Å². The van der Waals surface area contributed by atoms with Gasteiger partial charge in [-0.05, 0) is 50.6 Å². The van der Waals surface area contributed by atoms with Crippen LogP contribution in [0.25, 0.3) is 0 Å². The molecule has 7 nitrogen and oxygen atoms in total. The van der Waals surface area contributed by atoms with Crippen LogP contribution >= 0.6 is 0 Å². The monoisotopic (exact) mass is 381 g/mol. The molecule has 0 radical (unpaired) electrons. The van der Waals surface area contributed by atoms with Crippen molar-refractivity contribution in [1.29, 1.82) is 0 Å². The Labute approximate surface area is 151 Å². The van der Waals surface area contributed by atoms with Crippen molar-refractivity contribution in [3.63, 3.8) is 0 Å². The zero-order chi connectivity index (χ0) is 19.5. The summed E-state index contributed by atoms with van der Waals surface area (Å²) >= 11 is 0. The lowest BCUT2D eigenvalue weighted by Gasteiger charge is -2.16. The molecule has 0 aliphatic heterocycles. The first-order chi connectivity index (χ1) is 12.1. The Morgan fingerprint density at radius 2 is 1.69 bits per heavy atom. The van der Waals surface area contributed by atoms with Crippen LogP contribution in [0, 0.1) is 15.9 Å². The fraction of sp³-hybridized carbons (Fsp3) is 0.294. The SMILES string of the molecule is CC(C)NS(=O)(=O)c1ccc(N[C@@H](C)c2ccc(F)cc2)c([N+](=O)[O-])c1. The number of hydrogen-bond donors (Lipinski definition) is 2. The molecule has 2 aromatic carbocycles. The van der Waals surface area contributed by atoms with Gasteiger partial charge in [0.05, 0.1) is 9.82 Å². The number of hydrogen-bond acceptors (Lipinski definition) is 5. The number of nitrogens with zero attached hydrogens (tertiary/aromatic N) is 1. The predicted molar refractivity (Wildman–Crippen MR) is 97.0 cm³/mol. The lowest BCUT2D eigenvalue weighted by Crippen LogP contribution is -2.30. The molecule has 0 heterocycles. The lowest BCUT2D eigenvalue weighted by atomic mass is 10.1. The van der Waals surface area contributed by atoms with Crippen LogP contribution in [0.2, 0.25) is 0 Å². The molecule has 0 fully saturated rings. The van der Waals surface area contributed by atoms with E-state index in [0.29, 0.717) is 0 Å². The average Bonchev–Trinajstić information content (AvgIpc) is 2.54. The third-order valence-electron chi connectivity index (χ3n) is 3.61. The number of nitro benzene ring substituents is 1. The van der Waals surface area contributed by atoms with Crippen molar-refractivity contribution in [3.05, 3.63) is 64.0 Å². The van der Waals surface area contributed by atoms with Crippen LogP contribution in [0.3, 0.4) is 0 Å². The van der Waals surface area contributed by atoms with Gasteiger partial charge in [0.25, 0.3) is 5.69 Å². The van der Waals surface area contributed by atoms with E-state index in [1.54, 1.807) is 32.9 Å². The predicted octanol–water partition coefficient (Wildman–Crippen LogP) is 3.59. The van der Waals surface area contributed by atoms with Crippen molar-refractivity contribution in [3.8, 4) is 0 Å². The third-order valence-corrected chi connectivity index (χ3v) is 5.27. The van der Waals surface area contributed by atoms with Crippen molar-refractivity contribution in [1.82, 2.24) is 4.72 Å². The van der Waals surface area contributed by atoms with Gasteiger partial charge in [-0.15, -0.1) is 0 Å². The standard InChI is InChI=1S/C17H20FN3O4S/c1-11(2)20-26(24,25)15-8-9-16(17(10-15)21(22)23)19-12(3)13-4-6-14(18)7-5-13/h4-12,19-20H,1-3H3/t12-/m0/s1. The molecule has 2 rings (SSSR count). The van der Waals surface area contributed by atoms with Gasteiger partial charge >= 0.3 is 0 Å². The first-order valence-corrected chi connectivity index (χ1v) is 9.41. The van der Waals surface area contributed by atoms with Crippen molar-refractivity contribution >= 4 is 21.4 Å². The van der Waals surface area contributed by atoms with Crippen LogP contribution < -0.4 is 10.0 Å². The zero-order valence-corrected chi connectivity index (χ0v) is 15.4. The summed E-state index contributed by atoms with van der Waals surface area (Å²) in [6.45, 7) is 5.08. The molecule has 140 valence electrons.